The Morgan fingerprint density at radius 1 is 0.882 bits per heavy atom. The summed E-state index contributed by atoms with van der Waals surface area (Å²) in [6.45, 7) is 0. The van der Waals surface area contributed by atoms with Crippen molar-refractivity contribution >= 4 is 15.0 Å². The maximum absolute atomic E-state index is 2.33. The Bertz CT molecular complexity index is 385. The molecule has 1 atom stereocenters. The van der Waals surface area contributed by atoms with Gasteiger partial charge in [0.25, 0.3) is 0 Å². The van der Waals surface area contributed by atoms with Crippen LogP contribution >= 0.6 is 0 Å². The molecule has 1 heterocycles. The molecule has 1 aliphatic heterocycles. The minimum absolute atomic E-state index is 0.744. The molecule has 0 saturated heterocycles. The molecule has 17 heavy (non-hydrogen) atoms. The Kier molecular flexibility index (Phi) is 3.68. The quantitative estimate of drug-likeness (QED) is 0.671. The number of benzene rings is 1. The molecule has 0 saturated carbocycles. The first kappa shape index (κ1) is 11.6. The first-order valence-corrected chi connectivity index (χ1v) is 8.70. The van der Waals surface area contributed by atoms with Gasteiger partial charge in [0, 0.05) is 0 Å². The van der Waals surface area contributed by atoms with E-state index in [0.29, 0.717) is 0 Å². The second-order valence-electron chi connectivity index (χ2n) is 5.16. The van der Waals surface area contributed by atoms with Gasteiger partial charge in [-0.25, -0.2) is 0 Å². The van der Waals surface area contributed by atoms with E-state index >= 15 is 0 Å². The Balaban J connectivity index is 1.74. The fourth-order valence-electron chi connectivity index (χ4n) is 2.94. The second kappa shape index (κ2) is 5.42. The topological polar surface area (TPSA) is 0 Å². The van der Waals surface area contributed by atoms with Crippen LogP contribution in [0.4, 0.5) is 0 Å². The van der Waals surface area contributed by atoms with Gasteiger partial charge in [-0.3, -0.25) is 0 Å². The number of hydrogen-bond donors (Lipinski definition) is 0. The summed E-state index contributed by atoms with van der Waals surface area (Å²) in [5, 5.41) is 0. The average molecular weight is 291 g/mol. The van der Waals surface area contributed by atoms with Crippen LogP contribution in [0.2, 0.25) is 0 Å². The average Bonchev–Trinajstić information content (AvgIpc) is 2.73. The fourth-order valence-corrected chi connectivity index (χ4v) is 6.16. The summed E-state index contributed by atoms with van der Waals surface area (Å²) in [6, 6.07) is 11.2. The van der Waals surface area contributed by atoms with Crippen LogP contribution in [0.15, 0.2) is 40.4 Å². The summed E-state index contributed by atoms with van der Waals surface area (Å²) >= 11 is 0.744. The van der Waals surface area contributed by atoms with Gasteiger partial charge in [0.2, 0.25) is 0 Å². The van der Waals surface area contributed by atoms with Crippen LogP contribution < -0.4 is 0 Å². The zero-order valence-electron chi connectivity index (χ0n) is 10.3. The van der Waals surface area contributed by atoms with Crippen LogP contribution in [0.5, 0.6) is 0 Å². The molecule has 0 nitrogen and oxygen atoms in total. The van der Waals surface area contributed by atoms with Crippen molar-refractivity contribution in [3.05, 3.63) is 45.9 Å². The van der Waals surface area contributed by atoms with Gasteiger partial charge in [0.1, 0.15) is 0 Å². The molecule has 1 aliphatic carbocycles. The molecule has 1 aromatic rings. The molecule has 0 radical (unpaired) electrons. The summed E-state index contributed by atoms with van der Waals surface area (Å²) in [5.74, 6) is 0. The molecule has 0 spiro atoms. The molecule has 0 amide bonds. The minimum atomic E-state index is 0.744. The first-order valence-electron chi connectivity index (χ1n) is 6.86. The SMILES string of the molecule is c1ccc(C2CC3=C(CCCCCC3)[Se]2)cc1. The third-order valence-electron chi connectivity index (χ3n) is 3.91. The summed E-state index contributed by atoms with van der Waals surface area (Å²) < 4.78 is 1.88. The monoisotopic (exact) mass is 292 g/mol. The maximum atomic E-state index is 2.33. The fraction of sp³-hybridized carbons (Fsp3) is 0.500. The van der Waals surface area contributed by atoms with E-state index in [1.807, 2.05) is 10.0 Å². The molecule has 3 rings (SSSR count). The normalized spacial score (nSPS) is 25.3. The van der Waals surface area contributed by atoms with E-state index in [1.165, 1.54) is 44.9 Å². The van der Waals surface area contributed by atoms with Gasteiger partial charge >= 0.3 is 111 Å². The first-order chi connectivity index (χ1) is 8.43. The molecule has 0 aromatic heterocycles. The zero-order chi connectivity index (χ0) is 11.5. The molecular weight excluding hydrogens is 271 g/mol. The van der Waals surface area contributed by atoms with Gasteiger partial charge in [0.15, 0.2) is 0 Å². The van der Waals surface area contributed by atoms with E-state index in [9.17, 15) is 0 Å². The van der Waals surface area contributed by atoms with Crippen molar-refractivity contribution in [1.82, 2.24) is 0 Å². The van der Waals surface area contributed by atoms with Gasteiger partial charge in [-0.2, -0.15) is 0 Å². The van der Waals surface area contributed by atoms with Crippen molar-refractivity contribution in [1.29, 1.82) is 0 Å². The van der Waals surface area contributed by atoms with Gasteiger partial charge in [-0.1, -0.05) is 0 Å². The van der Waals surface area contributed by atoms with Crippen LogP contribution in [0.3, 0.4) is 0 Å². The summed E-state index contributed by atoms with van der Waals surface area (Å²) in [4.78, 5) is 0.854. The van der Waals surface area contributed by atoms with E-state index < -0.39 is 0 Å². The van der Waals surface area contributed by atoms with Crippen LogP contribution in [-0.4, -0.2) is 15.0 Å². The van der Waals surface area contributed by atoms with Crippen LogP contribution in [0.25, 0.3) is 0 Å². The van der Waals surface area contributed by atoms with Gasteiger partial charge in [-0.05, 0) is 0 Å². The molecule has 90 valence electrons. The number of hydrogen-bond acceptors (Lipinski definition) is 0. The standard InChI is InChI=1S/C16H20Se/c1-2-7-11-15-14(10-4-1)12-16(17-15)13-8-5-3-6-9-13/h3,5-6,8-9,16H,1-2,4,7,10-12H2. The molecule has 1 unspecified atom stereocenters. The van der Waals surface area contributed by atoms with Gasteiger partial charge in [-0.15, -0.1) is 0 Å². The molecule has 1 heteroatoms. The van der Waals surface area contributed by atoms with Crippen molar-refractivity contribution in [3.63, 3.8) is 0 Å². The van der Waals surface area contributed by atoms with Crippen molar-refractivity contribution in [2.75, 3.05) is 0 Å². The third kappa shape index (κ3) is 2.67. The van der Waals surface area contributed by atoms with Crippen molar-refractivity contribution in [3.8, 4) is 0 Å². The molecule has 0 N–H and O–H groups in total. The van der Waals surface area contributed by atoms with E-state index in [2.05, 4.69) is 30.3 Å². The number of allylic oxidation sites excluding steroid dienone is 2. The number of rotatable bonds is 1. The van der Waals surface area contributed by atoms with E-state index in [4.69, 9.17) is 0 Å². The Morgan fingerprint density at radius 3 is 2.47 bits per heavy atom. The van der Waals surface area contributed by atoms with Crippen LogP contribution in [0, 0.1) is 0 Å². The van der Waals surface area contributed by atoms with E-state index in [-0.39, 0.29) is 0 Å². The third-order valence-corrected chi connectivity index (χ3v) is 7.06. The van der Waals surface area contributed by atoms with Crippen molar-refractivity contribution in [2.24, 2.45) is 0 Å². The van der Waals surface area contributed by atoms with Gasteiger partial charge in [0.05, 0.1) is 0 Å². The summed E-state index contributed by atoms with van der Waals surface area (Å²) in [7, 11) is 0. The van der Waals surface area contributed by atoms with E-state index in [0.717, 1.165) is 19.8 Å². The van der Waals surface area contributed by atoms with E-state index in [1.54, 1.807) is 5.56 Å². The predicted octanol–water partition coefficient (Wildman–Crippen LogP) is 4.44. The van der Waals surface area contributed by atoms with Crippen molar-refractivity contribution < 1.29 is 0 Å². The van der Waals surface area contributed by atoms with Crippen LogP contribution in [0.1, 0.15) is 55.3 Å². The van der Waals surface area contributed by atoms with Crippen LogP contribution in [-0.2, 0) is 0 Å². The van der Waals surface area contributed by atoms with Gasteiger partial charge < -0.3 is 0 Å². The summed E-state index contributed by atoms with van der Waals surface area (Å²) in [5.41, 5.74) is 3.43. The predicted molar refractivity (Wildman–Crippen MR) is 74.3 cm³/mol. The molecule has 0 bridgehead atoms. The Hall–Kier alpha value is -0.521. The Morgan fingerprint density at radius 2 is 1.65 bits per heavy atom. The molecule has 1 aromatic carbocycles. The summed E-state index contributed by atoms with van der Waals surface area (Å²) in [6.07, 6.45) is 10.00. The molecule has 0 fully saturated rings. The Labute approximate surface area is 111 Å². The molecular formula is C16H20Se. The van der Waals surface area contributed by atoms with Crippen molar-refractivity contribution in [2.45, 2.75) is 49.8 Å². The second-order valence-corrected chi connectivity index (χ2v) is 7.88. The molecule has 2 aliphatic rings. The zero-order valence-corrected chi connectivity index (χ0v) is 12.0.